The number of thiocarbonyl (C=S) groups is 1. The number of hydrogen-bond donors (Lipinski definition) is 3. The highest BCUT2D eigenvalue weighted by atomic mass is 35.5. The van der Waals surface area contributed by atoms with Gasteiger partial charge in [0.15, 0.2) is 11.2 Å². The van der Waals surface area contributed by atoms with Crippen LogP contribution in [0, 0.1) is 0 Å². The van der Waals surface area contributed by atoms with E-state index in [1.54, 1.807) is 38.2 Å². The lowest BCUT2D eigenvalue weighted by Gasteiger charge is -2.15. The van der Waals surface area contributed by atoms with Crippen LogP contribution in [0.15, 0.2) is 24.3 Å². The number of carbonyl (C=O) groups excluding carboxylic acids is 1. The van der Waals surface area contributed by atoms with E-state index in [-0.39, 0.29) is 5.91 Å². The Morgan fingerprint density at radius 2 is 2.17 bits per heavy atom. The van der Waals surface area contributed by atoms with E-state index in [4.69, 9.17) is 28.6 Å². The fraction of sp³-hybridized carbons (Fsp3) is 0.273. The molecule has 0 saturated heterocycles. The molecular weight excluding hydrogens is 274 g/mol. The smallest absolute Gasteiger partial charge is 0.279 e. The minimum Gasteiger partial charge on any atom is -0.481 e. The SMILES string of the molecule is CNC(=S)NNC(=O)C(C)Oc1cccc(Cl)c1. The number of carbonyl (C=O) groups is 1. The molecule has 7 heteroatoms. The van der Waals surface area contributed by atoms with E-state index >= 15 is 0 Å². The second-order valence-corrected chi connectivity index (χ2v) is 4.26. The van der Waals surface area contributed by atoms with Crippen molar-refractivity contribution in [3.63, 3.8) is 0 Å². The molecule has 0 aromatic heterocycles. The zero-order chi connectivity index (χ0) is 13.5. The van der Waals surface area contributed by atoms with Crippen molar-refractivity contribution in [2.75, 3.05) is 7.05 Å². The standard InChI is InChI=1S/C11H14ClN3O2S/c1-7(10(16)14-15-11(18)13-2)17-9-5-3-4-8(12)6-9/h3-7H,1-2H3,(H,14,16)(H2,13,15,18). The first-order chi connectivity index (χ1) is 8.52. The molecule has 0 saturated carbocycles. The van der Waals surface area contributed by atoms with Crippen LogP contribution >= 0.6 is 23.8 Å². The van der Waals surface area contributed by atoms with Gasteiger partial charge in [0.2, 0.25) is 0 Å². The molecule has 1 aromatic carbocycles. The molecule has 1 unspecified atom stereocenters. The van der Waals surface area contributed by atoms with Gasteiger partial charge in [0.25, 0.3) is 5.91 Å². The molecule has 0 radical (unpaired) electrons. The number of nitrogens with one attached hydrogen (secondary N) is 3. The number of hydrazine groups is 1. The van der Waals surface area contributed by atoms with Gasteiger partial charge in [0.1, 0.15) is 5.75 Å². The molecule has 0 aliphatic rings. The van der Waals surface area contributed by atoms with E-state index in [1.807, 2.05) is 0 Å². The molecule has 0 heterocycles. The summed E-state index contributed by atoms with van der Waals surface area (Å²) < 4.78 is 5.42. The summed E-state index contributed by atoms with van der Waals surface area (Å²) in [5, 5.41) is 3.53. The predicted molar refractivity (Wildman–Crippen MR) is 74.5 cm³/mol. The van der Waals surface area contributed by atoms with Crippen LogP contribution in [-0.4, -0.2) is 24.2 Å². The zero-order valence-electron chi connectivity index (χ0n) is 9.99. The Hall–Kier alpha value is -1.53. The van der Waals surface area contributed by atoms with Crippen LogP contribution in [-0.2, 0) is 4.79 Å². The van der Waals surface area contributed by atoms with Crippen molar-refractivity contribution in [3.8, 4) is 5.75 Å². The largest absolute Gasteiger partial charge is 0.481 e. The second kappa shape index (κ2) is 7.03. The number of benzene rings is 1. The summed E-state index contributed by atoms with van der Waals surface area (Å²) in [6.07, 6.45) is -0.671. The van der Waals surface area contributed by atoms with Crippen LogP contribution in [0.1, 0.15) is 6.92 Å². The number of ether oxygens (including phenoxy) is 1. The van der Waals surface area contributed by atoms with Crippen molar-refractivity contribution in [2.24, 2.45) is 0 Å². The van der Waals surface area contributed by atoms with Gasteiger partial charge < -0.3 is 10.1 Å². The first-order valence-corrected chi connectivity index (χ1v) is 6.01. The van der Waals surface area contributed by atoms with Gasteiger partial charge in [-0.3, -0.25) is 15.6 Å². The summed E-state index contributed by atoms with van der Waals surface area (Å²) in [5.41, 5.74) is 4.94. The van der Waals surface area contributed by atoms with Crippen LogP contribution in [0.2, 0.25) is 5.02 Å². The van der Waals surface area contributed by atoms with E-state index in [0.717, 1.165) is 0 Å². The summed E-state index contributed by atoms with van der Waals surface area (Å²) in [7, 11) is 1.65. The van der Waals surface area contributed by atoms with Crippen molar-refractivity contribution < 1.29 is 9.53 Å². The molecule has 98 valence electrons. The van der Waals surface area contributed by atoms with Crippen molar-refractivity contribution in [3.05, 3.63) is 29.3 Å². The maximum absolute atomic E-state index is 11.6. The summed E-state index contributed by atoms with van der Waals surface area (Å²) in [5.74, 6) is 0.189. The quantitative estimate of drug-likeness (QED) is 0.577. The number of rotatable bonds is 3. The molecule has 0 aliphatic heterocycles. The van der Waals surface area contributed by atoms with E-state index in [9.17, 15) is 4.79 Å². The monoisotopic (exact) mass is 287 g/mol. The third-order valence-corrected chi connectivity index (χ3v) is 2.55. The molecule has 0 fully saturated rings. The predicted octanol–water partition coefficient (Wildman–Crippen LogP) is 1.23. The van der Waals surface area contributed by atoms with Crippen molar-refractivity contribution in [1.82, 2.24) is 16.2 Å². The van der Waals surface area contributed by atoms with Crippen LogP contribution in [0.4, 0.5) is 0 Å². The van der Waals surface area contributed by atoms with Gasteiger partial charge >= 0.3 is 0 Å². The van der Waals surface area contributed by atoms with Gasteiger partial charge in [-0.25, -0.2) is 0 Å². The van der Waals surface area contributed by atoms with Gasteiger partial charge in [0, 0.05) is 12.1 Å². The Kier molecular flexibility index (Phi) is 5.67. The summed E-state index contributed by atoms with van der Waals surface area (Å²) in [6, 6.07) is 6.83. The number of amides is 1. The molecule has 1 atom stereocenters. The Labute approximate surface area is 116 Å². The average Bonchev–Trinajstić information content (AvgIpc) is 2.35. The lowest BCUT2D eigenvalue weighted by atomic mass is 10.3. The molecule has 18 heavy (non-hydrogen) atoms. The van der Waals surface area contributed by atoms with Crippen molar-refractivity contribution >= 4 is 34.8 Å². The third-order valence-electron chi connectivity index (χ3n) is 2.00. The molecule has 0 bridgehead atoms. The first kappa shape index (κ1) is 14.5. The molecule has 0 spiro atoms. The van der Waals surface area contributed by atoms with E-state index < -0.39 is 6.10 Å². The minimum absolute atomic E-state index is 0.318. The van der Waals surface area contributed by atoms with Crippen LogP contribution in [0.3, 0.4) is 0 Å². The Bertz CT molecular complexity index is 442. The van der Waals surface area contributed by atoms with Crippen LogP contribution in [0.5, 0.6) is 5.75 Å². The van der Waals surface area contributed by atoms with Gasteiger partial charge in [-0.15, -0.1) is 0 Å². The van der Waals surface area contributed by atoms with Crippen molar-refractivity contribution in [2.45, 2.75) is 13.0 Å². The molecule has 0 aliphatic carbocycles. The molecule has 1 aromatic rings. The van der Waals surface area contributed by atoms with E-state index in [2.05, 4.69) is 16.2 Å². The fourth-order valence-electron chi connectivity index (χ4n) is 1.08. The molecular formula is C11H14ClN3O2S. The number of halogens is 1. The molecule has 3 N–H and O–H groups in total. The van der Waals surface area contributed by atoms with Gasteiger partial charge in [-0.2, -0.15) is 0 Å². The molecule has 1 amide bonds. The normalized spacial score (nSPS) is 11.3. The van der Waals surface area contributed by atoms with Gasteiger partial charge in [-0.1, -0.05) is 17.7 Å². The highest BCUT2D eigenvalue weighted by Gasteiger charge is 2.14. The minimum atomic E-state index is -0.671. The Balaban J connectivity index is 2.47. The lowest BCUT2D eigenvalue weighted by molar-refractivity contribution is -0.127. The van der Waals surface area contributed by atoms with Crippen LogP contribution < -0.4 is 20.9 Å². The highest BCUT2D eigenvalue weighted by Crippen LogP contribution is 2.18. The fourth-order valence-corrected chi connectivity index (χ4v) is 1.31. The van der Waals surface area contributed by atoms with E-state index in [0.29, 0.717) is 15.9 Å². The molecule has 5 nitrogen and oxygen atoms in total. The highest BCUT2D eigenvalue weighted by molar-refractivity contribution is 7.80. The maximum Gasteiger partial charge on any atom is 0.279 e. The molecule has 1 rings (SSSR count). The first-order valence-electron chi connectivity index (χ1n) is 5.22. The Morgan fingerprint density at radius 3 is 2.78 bits per heavy atom. The zero-order valence-corrected chi connectivity index (χ0v) is 11.6. The van der Waals surface area contributed by atoms with Gasteiger partial charge in [-0.05, 0) is 37.3 Å². The third kappa shape index (κ3) is 4.77. The maximum atomic E-state index is 11.6. The summed E-state index contributed by atoms with van der Waals surface area (Å²) >= 11 is 10.6. The lowest BCUT2D eigenvalue weighted by Crippen LogP contribution is -2.49. The van der Waals surface area contributed by atoms with E-state index in [1.165, 1.54) is 0 Å². The average molecular weight is 288 g/mol. The van der Waals surface area contributed by atoms with Crippen molar-refractivity contribution in [1.29, 1.82) is 0 Å². The summed E-state index contributed by atoms with van der Waals surface area (Å²) in [6.45, 7) is 1.63. The summed E-state index contributed by atoms with van der Waals surface area (Å²) in [4.78, 5) is 11.6. The van der Waals surface area contributed by atoms with Gasteiger partial charge in [0.05, 0.1) is 0 Å². The second-order valence-electron chi connectivity index (χ2n) is 3.41. The number of hydrogen-bond acceptors (Lipinski definition) is 3. The Morgan fingerprint density at radius 1 is 1.44 bits per heavy atom. The topological polar surface area (TPSA) is 62.4 Å². The van der Waals surface area contributed by atoms with Crippen LogP contribution in [0.25, 0.3) is 0 Å².